The molecule has 0 unspecified atom stereocenters. The molecule has 0 amide bonds. The van der Waals surface area contributed by atoms with Crippen LogP contribution in [-0.2, 0) is 11.3 Å². The minimum atomic E-state index is 0.288. The van der Waals surface area contributed by atoms with Gasteiger partial charge in [0.2, 0.25) is 5.95 Å². The summed E-state index contributed by atoms with van der Waals surface area (Å²) in [6, 6.07) is 0. The molecule has 0 atom stereocenters. The van der Waals surface area contributed by atoms with Crippen molar-refractivity contribution in [3.8, 4) is 0 Å². The quantitative estimate of drug-likeness (QED) is 0.748. The molecule has 1 aromatic rings. The van der Waals surface area contributed by atoms with Crippen molar-refractivity contribution in [1.82, 2.24) is 14.5 Å². The van der Waals surface area contributed by atoms with Crippen molar-refractivity contribution >= 4 is 5.95 Å². The monoisotopic (exact) mass is 294 g/mol. The van der Waals surface area contributed by atoms with Gasteiger partial charge in [0, 0.05) is 38.5 Å². The highest BCUT2D eigenvalue weighted by atomic mass is 16.5. The Hall–Kier alpha value is -1.07. The van der Waals surface area contributed by atoms with Crippen LogP contribution < -0.4 is 5.32 Å². The van der Waals surface area contributed by atoms with Gasteiger partial charge in [0.05, 0.1) is 5.69 Å². The first-order valence-corrected chi connectivity index (χ1v) is 8.01. The van der Waals surface area contributed by atoms with E-state index in [9.17, 15) is 0 Å². The fourth-order valence-corrected chi connectivity index (χ4v) is 3.32. The van der Waals surface area contributed by atoms with Gasteiger partial charge in [0.1, 0.15) is 0 Å². The maximum atomic E-state index is 5.10. The summed E-state index contributed by atoms with van der Waals surface area (Å²) in [7, 11) is 6.16. The van der Waals surface area contributed by atoms with Crippen molar-refractivity contribution in [3.05, 3.63) is 11.9 Å². The van der Waals surface area contributed by atoms with Crippen LogP contribution in [-0.4, -0.2) is 54.3 Å². The molecule has 0 saturated heterocycles. The van der Waals surface area contributed by atoms with Crippen LogP contribution >= 0.6 is 0 Å². The topological polar surface area (TPSA) is 42.3 Å². The SMILES string of the molecule is COCCCNc1nc(C)cn1CC1(N(C)C)CCCC1. The van der Waals surface area contributed by atoms with Crippen LogP contribution in [0.4, 0.5) is 5.95 Å². The van der Waals surface area contributed by atoms with Crippen LogP contribution in [0, 0.1) is 6.92 Å². The summed E-state index contributed by atoms with van der Waals surface area (Å²) >= 11 is 0. The van der Waals surface area contributed by atoms with Crippen molar-refractivity contribution in [2.75, 3.05) is 39.7 Å². The molecule has 1 N–H and O–H groups in total. The van der Waals surface area contributed by atoms with E-state index in [0.29, 0.717) is 0 Å². The number of aryl methyl sites for hydroxylation is 1. The lowest BCUT2D eigenvalue weighted by atomic mass is 9.96. The number of imidazole rings is 1. The number of rotatable bonds is 8. The van der Waals surface area contributed by atoms with Crippen molar-refractivity contribution in [3.63, 3.8) is 0 Å². The first-order chi connectivity index (χ1) is 10.1. The molecule has 0 aliphatic heterocycles. The third-order valence-electron chi connectivity index (χ3n) is 4.65. The van der Waals surface area contributed by atoms with Crippen LogP contribution in [0.3, 0.4) is 0 Å². The number of nitrogens with one attached hydrogen (secondary N) is 1. The van der Waals surface area contributed by atoms with Gasteiger partial charge in [-0.05, 0) is 40.3 Å². The number of anilines is 1. The van der Waals surface area contributed by atoms with Crippen LogP contribution in [0.25, 0.3) is 0 Å². The summed E-state index contributed by atoms with van der Waals surface area (Å²) < 4.78 is 7.40. The molecule has 2 rings (SSSR count). The molecule has 1 heterocycles. The molecule has 0 aromatic carbocycles. The van der Waals surface area contributed by atoms with E-state index in [1.165, 1.54) is 25.7 Å². The highest BCUT2D eigenvalue weighted by molar-refractivity contribution is 5.29. The molecule has 1 saturated carbocycles. The lowest BCUT2D eigenvalue weighted by Crippen LogP contribution is -2.45. The average Bonchev–Trinajstić information content (AvgIpc) is 3.03. The Kier molecular flexibility index (Phi) is 5.65. The smallest absolute Gasteiger partial charge is 0.203 e. The van der Waals surface area contributed by atoms with Gasteiger partial charge >= 0.3 is 0 Å². The van der Waals surface area contributed by atoms with Crippen LogP contribution in [0.15, 0.2) is 6.20 Å². The second-order valence-corrected chi connectivity index (χ2v) is 6.43. The van der Waals surface area contributed by atoms with Gasteiger partial charge < -0.3 is 19.5 Å². The lowest BCUT2D eigenvalue weighted by molar-refractivity contribution is 0.134. The van der Waals surface area contributed by atoms with Crippen molar-refractivity contribution in [2.45, 2.75) is 51.1 Å². The predicted molar refractivity (Wildman–Crippen MR) is 86.8 cm³/mol. The Bertz CT molecular complexity index is 435. The fraction of sp³-hybridized carbons (Fsp3) is 0.812. The van der Waals surface area contributed by atoms with Crippen molar-refractivity contribution < 1.29 is 4.74 Å². The molecule has 5 heteroatoms. The molecule has 1 fully saturated rings. The van der Waals surface area contributed by atoms with Crippen LogP contribution in [0.5, 0.6) is 0 Å². The summed E-state index contributed by atoms with van der Waals surface area (Å²) in [4.78, 5) is 7.04. The van der Waals surface area contributed by atoms with Crippen LogP contribution in [0.2, 0.25) is 0 Å². The number of aromatic nitrogens is 2. The summed E-state index contributed by atoms with van der Waals surface area (Å²) in [6.45, 7) is 4.77. The molecule has 0 spiro atoms. The number of nitrogens with zero attached hydrogens (tertiary/aromatic N) is 3. The number of ether oxygens (including phenoxy) is 1. The van der Waals surface area contributed by atoms with Gasteiger partial charge in [-0.2, -0.15) is 0 Å². The molecular weight excluding hydrogens is 264 g/mol. The summed E-state index contributed by atoms with van der Waals surface area (Å²) in [5.41, 5.74) is 1.37. The minimum absolute atomic E-state index is 0.288. The zero-order chi connectivity index (χ0) is 15.3. The van der Waals surface area contributed by atoms with E-state index in [-0.39, 0.29) is 5.54 Å². The normalized spacial score (nSPS) is 17.6. The number of hydrogen-bond donors (Lipinski definition) is 1. The van der Waals surface area contributed by atoms with Gasteiger partial charge in [-0.1, -0.05) is 12.8 Å². The molecule has 1 aliphatic rings. The van der Waals surface area contributed by atoms with Crippen LogP contribution in [0.1, 0.15) is 37.8 Å². The molecule has 1 aromatic heterocycles. The maximum absolute atomic E-state index is 5.10. The van der Waals surface area contributed by atoms with Crippen molar-refractivity contribution in [2.24, 2.45) is 0 Å². The second kappa shape index (κ2) is 7.27. The molecule has 120 valence electrons. The summed E-state index contributed by atoms with van der Waals surface area (Å²) in [5.74, 6) is 0.997. The number of likely N-dealkylation sites (N-methyl/N-ethyl adjacent to an activating group) is 1. The number of hydrogen-bond acceptors (Lipinski definition) is 4. The molecule has 1 aliphatic carbocycles. The van der Waals surface area contributed by atoms with Gasteiger partial charge in [-0.3, -0.25) is 0 Å². The fourth-order valence-electron chi connectivity index (χ4n) is 3.32. The van der Waals surface area contributed by atoms with E-state index in [1.807, 2.05) is 0 Å². The van der Waals surface area contributed by atoms with E-state index in [2.05, 4.69) is 47.0 Å². The Balaban J connectivity index is 2.05. The molecule has 0 bridgehead atoms. The molecule has 0 radical (unpaired) electrons. The Morgan fingerprint density at radius 3 is 2.71 bits per heavy atom. The van der Waals surface area contributed by atoms with Gasteiger partial charge in [0.15, 0.2) is 0 Å². The van der Waals surface area contributed by atoms with E-state index in [4.69, 9.17) is 4.74 Å². The first-order valence-electron chi connectivity index (χ1n) is 8.01. The highest BCUT2D eigenvalue weighted by Gasteiger charge is 2.36. The lowest BCUT2D eigenvalue weighted by Gasteiger charge is -2.37. The Labute approximate surface area is 128 Å². The predicted octanol–water partition coefficient (Wildman–Crippen LogP) is 2.51. The summed E-state index contributed by atoms with van der Waals surface area (Å²) in [6.07, 6.45) is 8.40. The number of methoxy groups -OCH3 is 1. The van der Waals surface area contributed by atoms with E-state index in [1.54, 1.807) is 7.11 Å². The standard InChI is InChI=1S/C16H30N4O/c1-14-12-20(15(18-14)17-10-7-11-21-4)13-16(19(2)3)8-5-6-9-16/h12H,5-11,13H2,1-4H3,(H,17,18). The molecule has 5 nitrogen and oxygen atoms in total. The van der Waals surface area contributed by atoms with E-state index < -0.39 is 0 Å². The van der Waals surface area contributed by atoms with E-state index >= 15 is 0 Å². The molecule has 21 heavy (non-hydrogen) atoms. The zero-order valence-corrected chi connectivity index (χ0v) is 14.0. The van der Waals surface area contributed by atoms with E-state index in [0.717, 1.165) is 37.8 Å². The Morgan fingerprint density at radius 1 is 1.38 bits per heavy atom. The molecular formula is C16H30N4O. The zero-order valence-electron chi connectivity index (χ0n) is 14.0. The maximum Gasteiger partial charge on any atom is 0.203 e. The van der Waals surface area contributed by atoms with Gasteiger partial charge in [-0.25, -0.2) is 4.98 Å². The van der Waals surface area contributed by atoms with Gasteiger partial charge in [-0.15, -0.1) is 0 Å². The first kappa shape index (κ1) is 16.3. The summed E-state index contributed by atoms with van der Waals surface area (Å²) in [5, 5.41) is 3.45. The second-order valence-electron chi connectivity index (χ2n) is 6.43. The highest BCUT2D eigenvalue weighted by Crippen LogP contribution is 2.35. The largest absolute Gasteiger partial charge is 0.385 e. The third-order valence-corrected chi connectivity index (χ3v) is 4.65. The van der Waals surface area contributed by atoms with Gasteiger partial charge in [0.25, 0.3) is 0 Å². The Morgan fingerprint density at radius 2 is 2.10 bits per heavy atom. The minimum Gasteiger partial charge on any atom is -0.385 e. The average molecular weight is 294 g/mol. The van der Waals surface area contributed by atoms with Crippen molar-refractivity contribution in [1.29, 1.82) is 0 Å². The third kappa shape index (κ3) is 3.98.